The Morgan fingerprint density at radius 2 is 1.95 bits per heavy atom. The average Bonchev–Trinajstić information content (AvgIpc) is 2.46. The lowest BCUT2D eigenvalue weighted by Gasteiger charge is -2.18. The first-order valence-corrected chi connectivity index (χ1v) is 7.27. The van der Waals surface area contributed by atoms with Crippen LogP contribution in [0.5, 0.6) is 11.5 Å². The summed E-state index contributed by atoms with van der Waals surface area (Å²) in [4.78, 5) is 0. The molecule has 114 valence electrons. The summed E-state index contributed by atoms with van der Waals surface area (Å²) < 4.78 is 16.1. The van der Waals surface area contributed by atoms with Gasteiger partial charge in [0.2, 0.25) is 0 Å². The third-order valence-corrected chi connectivity index (χ3v) is 3.13. The van der Waals surface area contributed by atoms with Crippen LogP contribution in [0, 0.1) is 0 Å². The topological polar surface area (TPSA) is 39.7 Å². The normalized spacial score (nSPS) is 12.2. The Balaban J connectivity index is 2.64. The van der Waals surface area contributed by atoms with Crippen LogP contribution in [-0.2, 0) is 11.3 Å². The molecule has 4 nitrogen and oxygen atoms in total. The Kier molecular flexibility index (Phi) is 8.07. The molecule has 20 heavy (non-hydrogen) atoms. The second kappa shape index (κ2) is 9.61. The molecular formula is C16H27NO3. The minimum Gasteiger partial charge on any atom is -0.493 e. The molecule has 0 heterocycles. The van der Waals surface area contributed by atoms with Gasteiger partial charge in [-0.2, -0.15) is 0 Å². The first-order chi connectivity index (χ1) is 9.74. The lowest BCUT2D eigenvalue weighted by molar-refractivity contribution is 0.161. The lowest BCUT2D eigenvalue weighted by atomic mass is 10.1. The van der Waals surface area contributed by atoms with E-state index >= 15 is 0 Å². The molecule has 0 spiro atoms. The van der Waals surface area contributed by atoms with Crippen LogP contribution in [0.25, 0.3) is 0 Å². The smallest absolute Gasteiger partial charge is 0.161 e. The predicted octanol–water partition coefficient (Wildman–Crippen LogP) is 3.00. The molecule has 1 N–H and O–H groups in total. The van der Waals surface area contributed by atoms with E-state index < -0.39 is 0 Å². The summed E-state index contributed by atoms with van der Waals surface area (Å²) in [5.74, 6) is 1.57. The van der Waals surface area contributed by atoms with Gasteiger partial charge in [-0.25, -0.2) is 0 Å². The first kappa shape index (κ1) is 16.8. The molecule has 0 bridgehead atoms. The van der Waals surface area contributed by atoms with Crippen LogP contribution >= 0.6 is 0 Å². The van der Waals surface area contributed by atoms with Crippen molar-refractivity contribution in [2.45, 2.75) is 39.3 Å². The maximum absolute atomic E-state index is 5.59. The van der Waals surface area contributed by atoms with Gasteiger partial charge in [-0.05, 0) is 31.0 Å². The largest absolute Gasteiger partial charge is 0.493 e. The fourth-order valence-corrected chi connectivity index (χ4v) is 2.16. The summed E-state index contributed by atoms with van der Waals surface area (Å²) in [5, 5.41) is 3.52. The summed E-state index contributed by atoms with van der Waals surface area (Å²) in [6, 6.07) is 6.44. The van der Waals surface area contributed by atoms with Crippen LogP contribution in [-0.4, -0.2) is 33.5 Å². The summed E-state index contributed by atoms with van der Waals surface area (Å²) >= 11 is 0. The van der Waals surface area contributed by atoms with Crippen LogP contribution in [0.4, 0.5) is 0 Å². The number of methoxy groups -OCH3 is 2. The fraction of sp³-hybridized carbons (Fsp3) is 0.625. The molecular weight excluding hydrogens is 254 g/mol. The summed E-state index contributed by atoms with van der Waals surface area (Å²) in [7, 11) is 3.40. The van der Waals surface area contributed by atoms with Crippen molar-refractivity contribution in [1.29, 1.82) is 0 Å². The second-order valence-electron chi connectivity index (χ2n) is 4.74. The molecule has 1 aromatic rings. The van der Waals surface area contributed by atoms with Crippen molar-refractivity contribution in [3.63, 3.8) is 0 Å². The van der Waals surface area contributed by atoms with E-state index in [-0.39, 0.29) is 0 Å². The van der Waals surface area contributed by atoms with Crippen molar-refractivity contribution in [2.75, 3.05) is 27.4 Å². The molecule has 0 aliphatic rings. The predicted molar refractivity (Wildman–Crippen MR) is 81.6 cm³/mol. The highest BCUT2D eigenvalue weighted by atomic mass is 16.5. The van der Waals surface area contributed by atoms with Gasteiger partial charge in [-0.1, -0.05) is 19.4 Å². The molecule has 0 saturated carbocycles. The number of nitrogens with one attached hydrogen (secondary N) is 1. The Labute approximate surface area is 122 Å². The van der Waals surface area contributed by atoms with Crippen molar-refractivity contribution in [2.24, 2.45) is 0 Å². The Hall–Kier alpha value is -1.26. The fourth-order valence-electron chi connectivity index (χ4n) is 2.16. The van der Waals surface area contributed by atoms with Gasteiger partial charge in [0.25, 0.3) is 0 Å². The molecule has 0 saturated heterocycles. The number of ether oxygens (including phenoxy) is 3. The molecule has 1 aromatic carbocycles. The van der Waals surface area contributed by atoms with Crippen molar-refractivity contribution in [3.8, 4) is 11.5 Å². The summed E-state index contributed by atoms with van der Waals surface area (Å²) in [6.45, 7) is 6.33. The van der Waals surface area contributed by atoms with Crippen LogP contribution in [0.3, 0.4) is 0 Å². The molecule has 0 amide bonds. The highest BCUT2D eigenvalue weighted by Crippen LogP contribution is 2.28. The maximum Gasteiger partial charge on any atom is 0.161 e. The van der Waals surface area contributed by atoms with Crippen molar-refractivity contribution >= 4 is 0 Å². The van der Waals surface area contributed by atoms with Gasteiger partial charge in [-0.15, -0.1) is 0 Å². The van der Waals surface area contributed by atoms with Gasteiger partial charge in [0.1, 0.15) is 0 Å². The second-order valence-corrected chi connectivity index (χ2v) is 4.74. The SMILES string of the molecule is CCCC(COC)NCc1ccc(OC)c(OCC)c1. The molecule has 1 unspecified atom stereocenters. The Morgan fingerprint density at radius 1 is 1.15 bits per heavy atom. The number of rotatable bonds is 10. The lowest BCUT2D eigenvalue weighted by Crippen LogP contribution is -2.32. The maximum atomic E-state index is 5.59. The minimum atomic E-state index is 0.391. The van der Waals surface area contributed by atoms with E-state index in [1.807, 2.05) is 19.1 Å². The van der Waals surface area contributed by atoms with Gasteiger partial charge < -0.3 is 19.5 Å². The minimum absolute atomic E-state index is 0.391. The van der Waals surface area contributed by atoms with Gasteiger partial charge in [0.15, 0.2) is 11.5 Å². The number of hydrogen-bond acceptors (Lipinski definition) is 4. The Bertz CT molecular complexity index is 376. The van der Waals surface area contributed by atoms with E-state index in [0.717, 1.165) is 37.5 Å². The summed E-state index contributed by atoms with van der Waals surface area (Å²) in [5.41, 5.74) is 1.19. The van der Waals surface area contributed by atoms with E-state index in [2.05, 4.69) is 18.3 Å². The van der Waals surface area contributed by atoms with Gasteiger partial charge in [0, 0.05) is 19.7 Å². The van der Waals surface area contributed by atoms with E-state index in [0.29, 0.717) is 12.6 Å². The van der Waals surface area contributed by atoms with Gasteiger partial charge >= 0.3 is 0 Å². The first-order valence-electron chi connectivity index (χ1n) is 7.27. The quantitative estimate of drug-likeness (QED) is 0.715. The van der Waals surface area contributed by atoms with E-state index in [1.54, 1.807) is 14.2 Å². The molecule has 1 atom stereocenters. The summed E-state index contributed by atoms with van der Waals surface area (Å²) in [6.07, 6.45) is 2.26. The van der Waals surface area contributed by atoms with Gasteiger partial charge in [0.05, 0.1) is 20.3 Å². The zero-order valence-electron chi connectivity index (χ0n) is 13.1. The molecule has 0 aliphatic heterocycles. The van der Waals surface area contributed by atoms with Crippen molar-refractivity contribution in [1.82, 2.24) is 5.32 Å². The molecule has 0 radical (unpaired) electrons. The molecule has 0 aliphatic carbocycles. The average molecular weight is 281 g/mol. The monoisotopic (exact) mass is 281 g/mol. The Morgan fingerprint density at radius 3 is 2.55 bits per heavy atom. The van der Waals surface area contributed by atoms with Crippen molar-refractivity contribution in [3.05, 3.63) is 23.8 Å². The third-order valence-electron chi connectivity index (χ3n) is 3.13. The number of benzene rings is 1. The molecule has 0 fully saturated rings. The standard InChI is InChI=1S/C16H27NO3/c1-5-7-14(12-18-3)17-11-13-8-9-15(19-4)16(10-13)20-6-2/h8-10,14,17H,5-7,11-12H2,1-4H3. The third kappa shape index (κ3) is 5.39. The highest BCUT2D eigenvalue weighted by molar-refractivity contribution is 5.42. The zero-order chi connectivity index (χ0) is 14.8. The highest BCUT2D eigenvalue weighted by Gasteiger charge is 2.09. The van der Waals surface area contributed by atoms with Crippen LogP contribution in [0.2, 0.25) is 0 Å². The molecule has 0 aromatic heterocycles. The van der Waals surface area contributed by atoms with E-state index in [1.165, 1.54) is 5.56 Å². The van der Waals surface area contributed by atoms with Crippen LogP contribution in [0.1, 0.15) is 32.3 Å². The molecule has 1 rings (SSSR count). The van der Waals surface area contributed by atoms with E-state index in [9.17, 15) is 0 Å². The zero-order valence-corrected chi connectivity index (χ0v) is 13.1. The van der Waals surface area contributed by atoms with Crippen LogP contribution in [0.15, 0.2) is 18.2 Å². The van der Waals surface area contributed by atoms with Crippen molar-refractivity contribution < 1.29 is 14.2 Å². The van der Waals surface area contributed by atoms with Crippen LogP contribution < -0.4 is 14.8 Å². The number of hydrogen-bond donors (Lipinski definition) is 1. The molecule has 4 heteroatoms. The van der Waals surface area contributed by atoms with E-state index in [4.69, 9.17) is 14.2 Å². The van der Waals surface area contributed by atoms with Gasteiger partial charge in [-0.3, -0.25) is 0 Å².